The Morgan fingerprint density at radius 2 is 1.69 bits per heavy atom. The van der Waals surface area contributed by atoms with Crippen molar-refractivity contribution in [3.63, 3.8) is 0 Å². The van der Waals surface area contributed by atoms with Crippen LogP contribution in [-0.2, 0) is 4.79 Å². The van der Waals surface area contributed by atoms with Crippen LogP contribution >= 0.6 is 0 Å². The number of amides is 1. The number of para-hydroxylation sites is 2. The number of hydrogen-bond donors (Lipinski definition) is 1. The van der Waals surface area contributed by atoms with Gasteiger partial charge >= 0.3 is 0 Å². The number of carbonyl (C=O) groups is 2. The predicted molar refractivity (Wildman–Crippen MR) is 134 cm³/mol. The van der Waals surface area contributed by atoms with Crippen LogP contribution < -0.4 is 9.64 Å². The first kappa shape index (κ1) is 22.2. The number of aromatic amines is 1. The zero-order chi connectivity index (χ0) is 24.7. The third-order valence-corrected chi connectivity index (χ3v) is 7.33. The number of aromatic nitrogens is 4. The van der Waals surface area contributed by atoms with E-state index in [-0.39, 0.29) is 17.1 Å². The lowest BCUT2D eigenvalue weighted by atomic mass is 9.77. The SMILES string of the molecule is CN1CCC2(CCN(c3nccnc3Oc3ccc(C(=O)c4nc5ccccc5[nH]4)cc3)CC2)C1=O. The fourth-order valence-electron chi connectivity index (χ4n) is 5.20. The summed E-state index contributed by atoms with van der Waals surface area (Å²) in [6.07, 6.45) is 5.75. The molecule has 0 bridgehead atoms. The summed E-state index contributed by atoms with van der Waals surface area (Å²) in [5, 5.41) is 0. The average molecular weight is 483 g/mol. The Morgan fingerprint density at radius 1 is 0.972 bits per heavy atom. The van der Waals surface area contributed by atoms with Gasteiger partial charge < -0.3 is 19.5 Å². The van der Waals surface area contributed by atoms with Crippen LogP contribution in [0.15, 0.2) is 60.9 Å². The van der Waals surface area contributed by atoms with Crippen LogP contribution in [0.5, 0.6) is 11.6 Å². The Morgan fingerprint density at radius 3 is 2.42 bits per heavy atom. The number of piperidine rings is 1. The van der Waals surface area contributed by atoms with Crippen LogP contribution in [0.3, 0.4) is 0 Å². The second-order valence-corrected chi connectivity index (χ2v) is 9.49. The summed E-state index contributed by atoms with van der Waals surface area (Å²) in [7, 11) is 1.88. The lowest BCUT2D eigenvalue weighted by Gasteiger charge is -2.38. The Labute approximate surface area is 208 Å². The molecule has 9 nitrogen and oxygen atoms in total. The summed E-state index contributed by atoms with van der Waals surface area (Å²) in [6.45, 7) is 2.27. The molecule has 4 heterocycles. The highest BCUT2D eigenvalue weighted by atomic mass is 16.5. The van der Waals surface area contributed by atoms with Crippen molar-refractivity contribution in [2.24, 2.45) is 5.41 Å². The molecular weight excluding hydrogens is 456 g/mol. The first-order valence-corrected chi connectivity index (χ1v) is 12.1. The van der Waals surface area contributed by atoms with Gasteiger partial charge in [-0.15, -0.1) is 0 Å². The third kappa shape index (κ3) is 3.86. The predicted octanol–water partition coefficient (Wildman–Crippen LogP) is 3.82. The Balaban J connectivity index is 1.16. The summed E-state index contributed by atoms with van der Waals surface area (Å²) in [4.78, 5) is 46.0. The van der Waals surface area contributed by atoms with Crippen LogP contribution in [0.2, 0.25) is 0 Å². The van der Waals surface area contributed by atoms with Crippen molar-refractivity contribution in [1.29, 1.82) is 0 Å². The highest BCUT2D eigenvalue weighted by Crippen LogP contribution is 2.42. The summed E-state index contributed by atoms with van der Waals surface area (Å²) >= 11 is 0. The van der Waals surface area contributed by atoms with Gasteiger partial charge in [0.15, 0.2) is 11.6 Å². The summed E-state index contributed by atoms with van der Waals surface area (Å²) in [5.41, 5.74) is 1.85. The van der Waals surface area contributed by atoms with Crippen molar-refractivity contribution in [3.05, 3.63) is 72.3 Å². The van der Waals surface area contributed by atoms with Crippen LogP contribution in [0.25, 0.3) is 11.0 Å². The molecule has 2 aliphatic rings. The standard InChI is InChI=1S/C27H26N6O3/c1-32-15-10-27(26(32)35)11-16-33(17-12-27)24-25(29-14-13-28-24)36-19-8-6-18(7-9-19)22(34)23-30-20-4-2-3-5-21(20)31-23/h2-9,13-14H,10-12,15-17H2,1H3,(H,30,31). The minimum atomic E-state index is -0.239. The van der Waals surface area contributed by atoms with Gasteiger partial charge in [-0.3, -0.25) is 9.59 Å². The summed E-state index contributed by atoms with van der Waals surface area (Å²) in [5.74, 6) is 1.99. The topological polar surface area (TPSA) is 104 Å². The number of fused-ring (bicyclic) bond motifs is 1. The van der Waals surface area contributed by atoms with E-state index >= 15 is 0 Å². The van der Waals surface area contributed by atoms with E-state index in [1.54, 1.807) is 36.7 Å². The van der Waals surface area contributed by atoms with E-state index < -0.39 is 0 Å². The third-order valence-electron chi connectivity index (χ3n) is 7.33. The van der Waals surface area contributed by atoms with Gasteiger partial charge in [-0.05, 0) is 55.7 Å². The molecule has 6 rings (SSSR count). The lowest BCUT2D eigenvalue weighted by Crippen LogP contribution is -2.44. The number of ketones is 1. The molecule has 0 atom stereocenters. The monoisotopic (exact) mass is 482 g/mol. The van der Waals surface area contributed by atoms with Crippen molar-refractivity contribution in [2.75, 3.05) is 31.6 Å². The van der Waals surface area contributed by atoms with Crippen molar-refractivity contribution in [2.45, 2.75) is 19.3 Å². The second-order valence-electron chi connectivity index (χ2n) is 9.49. The molecule has 1 N–H and O–H groups in total. The molecule has 2 fully saturated rings. The molecule has 0 radical (unpaired) electrons. The molecule has 1 spiro atoms. The van der Waals surface area contributed by atoms with E-state index in [2.05, 4.69) is 24.8 Å². The molecular formula is C27H26N6O3. The van der Waals surface area contributed by atoms with Crippen molar-refractivity contribution in [1.82, 2.24) is 24.8 Å². The van der Waals surface area contributed by atoms with Gasteiger partial charge in [0.05, 0.1) is 16.4 Å². The molecule has 1 amide bonds. The number of nitrogens with zero attached hydrogens (tertiary/aromatic N) is 5. The van der Waals surface area contributed by atoms with Gasteiger partial charge in [-0.2, -0.15) is 0 Å². The van der Waals surface area contributed by atoms with E-state index in [9.17, 15) is 9.59 Å². The number of carbonyl (C=O) groups excluding carboxylic acids is 2. The van der Waals surface area contributed by atoms with E-state index in [1.165, 1.54) is 0 Å². The van der Waals surface area contributed by atoms with Crippen LogP contribution in [0.1, 0.15) is 35.4 Å². The highest BCUT2D eigenvalue weighted by Gasteiger charge is 2.47. The molecule has 2 saturated heterocycles. The number of likely N-dealkylation sites (tertiary alicyclic amines) is 1. The first-order valence-electron chi connectivity index (χ1n) is 12.1. The molecule has 182 valence electrons. The fourth-order valence-corrected chi connectivity index (χ4v) is 5.20. The van der Waals surface area contributed by atoms with Gasteiger partial charge in [0, 0.05) is 44.6 Å². The van der Waals surface area contributed by atoms with E-state index in [0.717, 1.165) is 49.9 Å². The van der Waals surface area contributed by atoms with Crippen LogP contribution in [0.4, 0.5) is 5.82 Å². The molecule has 2 aromatic heterocycles. The normalized spacial score (nSPS) is 17.2. The molecule has 2 aromatic carbocycles. The molecule has 36 heavy (non-hydrogen) atoms. The van der Waals surface area contributed by atoms with Crippen molar-refractivity contribution >= 4 is 28.5 Å². The van der Waals surface area contributed by atoms with Crippen LogP contribution in [-0.4, -0.2) is 63.2 Å². The van der Waals surface area contributed by atoms with Gasteiger partial charge in [0.1, 0.15) is 5.75 Å². The van der Waals surface area contributed by atoms with Gasteiger partial charge in [0.2, 0.25) is 11.7 Å². The zero-order valence-corrected chi connectivity index (χ0v) is 20.0. The number of hydrogen-bond acceptors (Lipinski definition) is 7. The average Bonchev–Trinajstić information content (AvgIpc) is 3.47. The summed E-state index contributed by atoms with van der Waals surface area (Å²) < 4.78 is 6.08. The van der Waals surface area contributed by atoms with Crippen molar-refractivity contribution in [3.8, 4) is 11.6 Å². The minimum Gasteiger partial charge on any atom is -0.436 e. The fraction of sp³-hybridized carbons (Fsp3) is 0.296. The quantitative estimate of drug-likeness (QED) is 0.431. The number of anilines is 1. The van der Waals surface area contributed by atoms with Gasteiger partial charge in [-0.1, -0.05) is 12.1 Å². The lowest BCUT2D eigenvalue weighted by molar-refractivity contribution is -0.135. The maximum atomic E-state index is 12.9. The Hall–Kier alpha value is -4.27. The smallest absolute Gasteiger partial charge is 0.263 e. The minimum absolute atomic E-state index is 0.188. The van der Waals surface area contributed by atoms with E-state index in [0.29, 0.717) is 28.8 Å². The first-order chi connectivity index (χ1) is 17.5. The second kappa shape index (κ2) is 8.75. The zero-order valence-electron chi connectivity index (χ0n) is 20.0. The maximum absolute atomic E-state index is 12.9. The molecule has 0 saturated carbocycles. The van der Waals surface area contributed by atoms with Gasteiger partial charge in [0.25, 0.3) is 5.88 Å². The number of ether oxygens (including phenoxy) is 1. The largest absolute Gasteiger partial charge is 0.436 e. The number of H-pyrrole nitrogens is 1. The number of rotatable bonds is 5. The Bertz CT molecular complexity index is 1410. The van der Waals surface area contributed by atoms with E-state index in [4.69, 9.17) is 4.74 Å². The van der Waals surface area contributed by atoms with Crippen LogP contribution in [0, 0.1) is 5.41 Å². The maximum Gasteiger partial charge on any atom is 0.263 e. The summed E-state index contributed by atoms with van der Waals surface area (Å²) in [6, 6.07) is 14.5. The highest BCUT2D eigenvalue weighted by molar-refractivity contribution is 6.08. The van der Waals surface area contributed by atoms with E-state index in [1.807, 2.05) is 36.2 Å². The van der Waals surface area contributed by atoms with Gasteiger partial charge in [-0.25, -0.2) is 15.0 Å². The molecule has 9 heteroatoms. The molecule has 2 aliphatic heterocycles. The number of nitrogens with one attached hydrogen (secondary N) is 1. The molecule has 0 aliphatic carbocycles. The molecule has 4 aromatic rings. The molecule has 0 unspecified atom stereocenters. The van der Waals surface area contributed by atoms with Crippen molar-refractivity contribution < 1.29 is 14.3 Å². The Kier molecular flexibility index (Phi) is 5.40. The number of imidazole rings is 1. The number of benzene rings is 2.